The molecule has 1 unspecified atom stereocenters. The number of thioether (sulfide) groups is 1. The zero-order valence-corrected chi connectivity index (χ0v) is 16.0. The van der Waals surface area contributed by atoms with Crippen molar-refractivity contribution in [3.8, 4) is 5.75 Å². The third-order valence-corrected chi connectivity index (χ3v) is 5.78. The van der Waals surface area contributed by atoms with E-state index >= 15 is 0 Å². The van der Waals surface area contributed by atoms with Gasteiger partial charge in [-0.05, 0) is 56.2 Å². The summed E-state index contributed by atoms with van der Waals surface area (Å²) in [6.45, 7) is 1.86. The second-order valence-electron chi connectivity index (χ2n) is 6.67. The normalized spacial score (nSPS) is 14.9. The summed E-state index contributed by atoms with van der Waals surface area (Å²) in [7, 11) is 1.60. The third-order valence-electron chi connectivity index (χ3n) is 4.71. The molecular formula is C21H20N2O3S. The zero-order chi connectivity index (χ0) is 19.0. The molecule has 0 radical (unpaired) electrons. The van der Waals surface area contributed by atoms with E-state index in [0.717, 1.165) is 12.8 Å². The first kappa shape index (κ1) is 17.8. The van der Waals surface area contributed by atoms with E-state index in [-0.39, 0.29) is 22.6 Å². The molecule has 1 atom stereocenters. The Morgan fingerprint density at radius 3 is 2.56 bits per heavy atom. The van der Waals surface area contributed by atoms with Gasteiger partial charge in [-0.25, -0.2) is 4.98 Å². The molecule has 5 nitrogen and oxygen atoms in total. The lowest BCUT2D eigenvalue weighted by Crippen LogP contribution is -2.24. The maximum Gasteiger partial charge on any atom is 0.262 e. The van der Waals surface area contributed by atoms with Crippen LogP contribution in [0.25, 0.3) is 10.9 Å². The molecular weight excluding hydrogens is 360 g/mol. The van der Waals surface area contributed by atoms with Crippen molar-refractivity contribution in [2.24, 2.45) is 0 Å². The van der Waals surface area contributed by atoms with Crippen LogP contribution >= 0.6 is 11.8 Å². The molecule has 1 fully saturated rings. The summed E-state index contributed by atoms with van der Waals surface area (Å²) in [4.78, 5) is 30.4. The largest absolute Gasteiger partial charge is 0.497 e. The first-order valence-corrected chi connectivity index (χ1v) is 9.82. The van der Waals surface area contributed by atoms with Crippen LogP contribution in [-0.2, 0) is 0 Å². The number of hydrogen-bond donors (Lipinski definition) is 0. The van der Waals surface area contributed by atoms with Crippen molar-refractivity contribution < 1.29 is 9.53 Å². The van der Waals surface area contributed by atoms with Gasteiger partial charge in [0.1, 0.15) is 5.75 Å². The number of ketones is 1. The van der Waals surface area contributed by atoms with Crippen LogP contribution in [0.4, 0.5) is 0 Å². The first-order chi connectivity index (χ1) is 13.1. The fourth-order valence-corrected chi connectivity index (χ4v) is 4.12. The smallest absolute Gasteiger partial charge is 0.262 e. The van der Waals surface area contributed by atoms with E-state index in [9.17, 15) is 9.59 Å². The first-order valence-electron chi connectivity index (χ1n) is 8.94. The molecule has 0 amide bonds. The summed E-state index contributed by atoms with van der Waals surface area (Å²) >= 11 is 1.35. The van der Waals surface area contributed by atoms with E-state index in [1.807, 2.05) is 31.2 Å². The summed E-state index contributed by atoms with van der Waals surface area (Å²) in [5.74, 6) is 0.720. The number of hydrogen-bond acceptors (Lipinski definition) is 5. The minimum absolute atomic E-state index is 0.00686. The van der Waals surface area contributed by atoms with E-state index in [1.165, 1.54) is 11.8 Å². The number of ether oxygens (including phenoxy) is 1. The van der Waals surface area contributed by atoms with Crippen LogP contribution in [0.2, 0.25) is 0 Å². The van der Waals surface area contributed by atoms with Crippen LogP contribution in [0.5, 0.6) is 5.75 Å². The highest BCUT2D eigenvalue weighted by atomic mass is 32.2. The maximum absolute atomic E-state index is 12.9. The predicted molar refractivity (Wildman–Crippen MR) is 107 cm³/mol. The van der Waals surface area contributed by atoms with Crippen LogP contribution in [0.3, 0.4) is 0 Å². The van der Waals surface area contributed by atoms with Gasteiger partial charge in [0, 0.05) is 11.6 Å². The summed E-state index contributed by atoms with van der Waals surface area (Å²) in [5, 5.41) is 0.898. The number of fused-ring (bicyclic) bond motifs is 1. The Balaban J connectivity index is 1.66. The molecule has 0 aliphatic heterocycles. The molecule has 0 spiro atoms. The Hall–Kier alpha value is -2.60. The van der Waals surface area contributed by atoms with Crippen molar-refractivity contribution in [2.75, 3.05) is 7.11 Å². The van der Waals surface area contributed by atoms with Gasteiger partial charge in [-0.3, -0.25) is 14.2 Å². The highest BCUT2D eigenvalue weighted by Gasteiger charge is 2.30. The number of rotatable bonds is 6. The second kappa shape index (κ2) is 7.19. The number of para-hydroxylation sites is 1. The molecule has 27 heavy (non-hydrogen) atoms. The van der Waals surface area contributed by atoms with E-state index in [4.69, 9.17) is 9.72 Å². The number of carbonyl (C=O) groups excluding carboxylic acids is 1. The number of benzene rings is 2. The minimum atomic E-state index is -0.351. The molecule has 1 heterocycles. The second-order valence-corrected chi connectivity index (χ2v) is 7.98. The Morgan fingerprint density at radius 2 is 1.89 bits per heavy atom. The highest BCUT2D eigenvalue weighted by molar-refractivity contribution is 8.00. The fraction of sp³-hybridized carbons (Fsp3) is 0.286. The summed E-state index contributed by atoms with van der Waals surface area (Å²) in [6.07, 6.45) is 1.96. The van der Waals surface area contributed by atoms with E-state index < -0.39 is 0 Å². The van der Waals surface area contributed by atoms with Gasteiger partial charge >= 0.3 is 0 Å². The maximum atomic E-state index is 12.9. The van der Waals surface area contributed by atoms with Crippen molar-refractivity contribution in [2.45, 2.75) is 36.2 Å². The summed E-state index contributed by atoms with van der Waals surface area (Å²) in [6, 6.07) is 14.7. The molecule has 3 aromatic rings. The van der Waals surface area contributed by atoms with E-state index in [0.29, 0.717) is 27.4 Å². The van der Waals surface area contributed by atoms with Crippen molar-refractivity contribution in [1.29, 1.82) is 0 Å². The zero-order valence-electron chi connectivity index (χ0n) is 15.2. The van der Waals surface area contributed by atoms with Gasteiger partial charge in [0.05, 0.1) is 23.3 Å². The minimum Gasteiger partial charge on any atom is -0.497 e. The molecule has 1 aromatic heterocycles. The van der Waals surface area contributed by atoms with Crippen molar-refractivity contribution >= 4 is 28.4 Å². The average molecular weight is 380 g/mol. The molecule has 4 rings (SSSR count). The van der Waals surface area contributed by atoms with Gasteiger partial charge in [0.25, 0.3) is 5.56 Å². The topological polar surface area (TPSA) is 61.2 Å². The van der Waals surface area contributed by atoms with E-state index in [1.54, 1.807) is 35.9 Å². The van der Waals surface area contributed by atoms with Crippen LogP contribution < -0.4 is 10.3 Å². The van der Waals surface area contributed by atoms with Gasteiger partial charge in [0.15, 0.2) is 10.9 Å². The summed E-state index contributed by atoms with van der Waals surface area (Å²) < 4.78 is 6.91. The lowest BCUT2D eigenvalue weighted by molar-refractivity contribution is 0.0994. The van der Waals surface area contributed by atoms with Crippen LogP contribution in [-0.4, -0.2) is 27.7 Å². The van der Waals surface area contributed by atoms with Crippen molar-refractivity contribution in [3.63, 3.8) is 0 Å². The molecule has 0 N–H and O–H groups in total. The number of aromatic nitrogens is 2. The fourth-order valence-electron chi connectivity index (χ4n) is 3.07. The molecule has 2 aromatic carbocycles. The van der Waals surface area contributed by atoms with Gasteiger partial charge in [-0.2, -0.15) is 0 Å². The summed E-state index contributed by atoms with van der Waals surface area (Å²) in [5.41, 5.74) is 1.28. The molecule has 6 heteroatoms. The third kappa shape index (κ3) is 3.49. The lowest BCUT2D eigenvalue weighted by atomic mass is 10.1. The van der Waals surface area contributed by atoms with Gasteiger partial charge in [-0.1, -0.05) is 23.9 Å². The number of carbonyl (C=O) groups is 1. The molecule has 138 valence electrons. The highest BCUT2D eigenvalue weighted by Crippen LogP contribution is 2.38. The van der Waals surface area contributed by atoms with Crippen LogP contribution in [0.1, 0.15) is 36.2 Å². The molecule has 1 aliphatic carbocycles. The van der Waals surface area contributed by atoms with Crippen LogP contribution in [0.15, 0.2) is 58.5 Å². The standard InChI is InChI=1S/C21H20N2O3S/c1-13(19(24)14-7-11-16(26-2)12-8-14)27-21-22-18-6-4-3-5-17(18)20(25)23(21)15-9-10-15/h3-8,11-13,15H,9-10H2,1-2H3. The van der Waals surface area contributed by atoms with E-state index in [2.05, 4.69) is 0 Å². The number of nitrogens with zero attached hydrogens (tertiary/aromatic N) is 2. The Bertz CT molecular complexity index is 1060. The van der Waals surface area contributed by atoms with Gasteiger partial charge in [0.2, 0.25) is 0 Å². The Morgan fingerprint density at radius 1 is 1.19 bits per heavy atom. The predicted octanol–water partition coefficient (Wildman–Crippen LogP) is 4.10. The van der Waals surface area contributed by atoms with Gasteiger partial charge < -0.3 is 4.74 Å². The SMILES string of the molecule is COc1ccc(C(=O)C(C)Sc2nc3ccccc3c(=O)n2C2CC2)cc1. The van der Waals surface area contributed by atoms with Crippen molar-refractivity contribution in [3.05, 3.63) is 64.4 Å². The molecule has 1 saturated carbocycles. The quantitative estimate of drug-likeness (QED) is 0.366. The molecule has 0 bridgehead atoms. The van der Waals surface area contributed by atoms with Crippen molar-refractivity contribution in [1.82, 2.24) is 9.55 Å². The molecule has 1 aliphatic rings. The molecule has 0 saturated heterocycles. The number of methoxy groups -OCH3 is 1. The Labute approximate surface area is 161 Å². The monoisotopic (exact) mass is 380 g/mol. The number of Topliss-reactive ketones (excluding diaryl/α,β-unsaturated/α-hetero) is 1. The Kier molecular flexibility index (Phi) is 4.74. The lowest BCUT2D eigenvalue weighted by Gasteiger charge is -2.15. The van der Waals surface area contributed by atoms with Gasteiger partial charge in [-0.15, -0.1) is 0 Å². The average Bonchev–Trinajstić information content (AvgIpc) is 3.52. The van der Waals surface area contributed by atoms with Crippen LogP contribution in [0, 0.1) is 0 Å².